The van der Waals surface area contributed by atoms with Crippen molar-refractivity contribution in [3.63, 3.8) is 0 Å². The molecule has 5 aromatic rings. The summed E-state index contributed by atoms with van der Waals surface area (Å²) in [7, 11) is -8.19. The van der Waals surface area contributed by atoms with E-state index in [0.29, 0.717) is 29.4 Å². The van der Waals surface area contributed by atoms with E-state index in [-0.39, 0.29) is 47.2 Å². The largest absolute Gasteiger partial charge is 0.445 e. The third-order valence-electron chi connectivity index (χ3n) is 8.25. The fourth-order valence-corrected chi connectivity index (χ4v) is 8.31. The van der Waals surface area contributed by atoms with Gasteiger partial charge in [-0.25, -0.2) is 13.2 Å². The molecule has 6 rings (SSSR count). The van der Waals surface area contributed by atoms with Gasteiger partial charge < -0.3 is 19.6 Å². The summed E-state index contributed by atoms with van der Waals surface area (Å²) in [4.78, 5) is 27.7. The number of sulfonamides is 1. The molecular weight excluding hydrogens is 679 g/mol. The summed E-state index contributed by atoms with van der Waals surface area (Å²) in [6, 6.07) is 31.6. The molecule has 1 saturated heterocycles. The molecule has 1 heterocycles. The Morgan fingerprint density at radius 3 is 2.08 bits per heavy atom. The second-order valence-corrected chi connectivity index (χ2v) is 15.1. The molecule has 11 nitrogen and oxygen atoms in total. The van der Waals surface area contributed by atoms with Crippen LogP contribution >= 0.6 is 0 Å². The number of carbonyl (C=O) groups excluding carboxylic acids is 2. The number of nitrogens with one attached hydrogen (secondary N) is 2. The zero-order valence-corrected chi connectivity index (χ0v) is 28.5. The first-order valence-corrected chi connectivity index (χ1v) is 18.8. The van der Waals surface area contributed by atoms with Gasteiger partial charge in [-0.15, -0.1) is 0 Å². The lowest BCUT2D eigenvalue weighted by Gasteiger charge is -2.28. The lowest BCUT2D eigenvalue weighted by Crippen LogP contribution is -2.47. The summed E-state index contributed by atoms with van der Waals surface area (Å²) < 4.78 is 65.7. The first-order valence-electron chi connectivity index (χ1n) is 15.9. The summed E-state index contributed by atoms with van der Waals surface area (Å²) in [5.41, 5.74) is 1.25. The molecule has 0 aromatic heterocycles. The molecule has 1 aliphatic rings. The highest BCUT2D eigenvalue weighted by Crippen LogP contribution is 2.30. The predicted molar refractivity (Wildman–Crippen MR) is 188 cm³/mol. The molecule has 0 aliphatic carbocycles. The number of piperazine rings is 1. The van der Waals surface area contributed by atoms with Crippen molar-refractivity contribution in [1.29, 1.82) is 0 Å². The van der Waals surface area contributed by atoms with Crippen LogP contribution in [0.3, 0.4) is 0 Å². The van der Waals surface area contributed by atoms with Crippen molar-refractivity contribution in [2.24, 2.45) is 0 Å². The Hall–Kier alpha value is -5.08. The Morgan fingerprint density at radius 1 is 0.740 bits per heavy atom. The number of ether oxygens (including phenoxy) is 1. The Morgan fingerprint density at radius 2 is 1.38 bits per heavy atom. The van der Waals surface area contributed by atoms with Crippen molar-refractivity contribution in [1.82, 2.24) is 14.9 Å². The van der Waals surface area contributed by atoms with Crippen LogP contribution in [0.25, 0.3) is 10.8 Å². The Bertz CT molecular complexity index is 2190. The van der Waals surface area contributed by atoms with E-state index < -0.39 is 38.1 Å². The van der Waals surface area contributed by atoms with Gasteiger partial charge in [0.1, 0.15) is 17.3 Å². The van der Waals surface area contributed by atoms with Crippen LogP contribution in [-0.4, -0.2) is 65.2 Å². The molecule has 1 amide bonds. The van der Waals surface area contributed by atoms with Crippen molar-refractivity contribution in [2.45, 2.75) is 28.9 Å². The summed E-state index contributed by atoms with van der Waals surface area (Å²) in [5, 5.41) is 6.90. The number of benzene rings is 5. The maximum absolute atomic E-state index is 14.7. The molecule has 5 aromatic carbocycles. The van der Waals surface area contributed by atoms with Gasteiger partial charge in [0, 0.05) is 38.2 Å². The lowest BCUT2D eigenvalue weighted by molar-refractivity contribution is 0.0914. The van der Waals surface area contributed by atoms with Gasteiger partial charge in [0.15, 0.2) is 5.78 Å². The summed E-state index contributed by atoms with van der Waals surface area (Å²) in [6.07, 6.45) is -0.936. The van der Waals surface area contributed by atoms with E-state index >= 15 is 0 Å². The maximum atomic E-state index is 14.7. The molecule has 0 unspecified atom stereocenters. The number of fused-ring (bicyclic) bond motifs is 1. The van der Waals surface area contributed by atoms with Crippen LogP contribution in [0.2, 0.25) is 0 Å². The van der Waals surface area contributed by atoms with Crippen molar-refractivity contribution in [3.8, 4) is 5.75 Å². The average molecular weight is 714 g/mol. The summed E-state index contributed by atoms with van der Waals surface area (Å²) in [5.74, 6) is -0.576. The van der Waals surface area contributed by atoms with Gasteiger partial charge in [0.2, 0.25) is 10.0 Å². The number of nitrogens with zero attached hydrogens (tertiary/aromatic N) is 1. The van der Waals surface area contributed by atoms with E-state index in [1.54, 1.807) is 72.8 Å². The predicted octanol–water partition coefficient (Wildman–Crippen LogP) is 4.92. The highest BCUT2D eigenvalue weighted by Gasteiger charge is 2.34. The van der Waals surface area contributed by atoms with E-state index in [1.807, 2.05) is 18.2 Å². The molecule has 0 radical (unpaired) electrons. The first-order chi connectivity index (χ1) is 24.1. The van der Waals surface area contributed by atoms with Crippen LogP contribution in [0, 0.1) is 0 Å². The van der Waals surface area contributed by atoms with Crippen LogP contribution in [0.15, 0.2) is 131 Å². The highest BCUT2D eigenvalue weighted by molar-refractivity contribution is 7.89. The van der Waals surface area contributed by atoms with Crippen LogP contribution < -0.4 is 14.8 Å². The second kappa shape index (κ2) is 15.2. The number of amides is 1. The number of Topliss-reactive ketones (excluding diaryl/α,β-unsaturated/α-hetero) is 1. The molecule has 0 saturated carbocycles. The van der Waals surface area contributed by atoms with Crippen LogP contribution in [0.1, 0.15) is 21.5 Å². The smallest absolute Gasteiger partial charge is 0.408 e. The molecule has 1 atom stereocenters. The molecule has 0 bridgehead atoms. The highest BCUT2D eigenvalue weighted by atomic mass is 32.2. The van der Waals surface area contributed by atoms with Gasteiger partial charge in [0.05, 0.1) is 10.9 Å². The third-order valence-corrected chi connectivity index (χ3v) is 11.5. The van der Waals surface area contributed by atoms with Crippen LogP contribution in [0.5, 0.6) is 5.75 Å². The average Bonchev–Trinajstić information content (AvgIpc) is 3.14. The lowest BCUT2D eigenvalue weighted by atomic mass is 9.94. The molecular formula is C37H35N3O8S2. The normalized spacial score (nSPS) is 14.5. The number of ketones is 1. The van der Waals surface area contributed by atoms with Crippen molar-refractivity contribution in [3.05, 3.63) is 138 Å². The summed E-state index contributed by atoms with van der Waals surface area (Å²) >= 11 is 0. The number of hydrogen-bond acceptors (Lipinski definition) is 9. The topological polar surface area (TPSA) is 148 Å². The van der Waals surface area contributed by atoms with Gasteiger partial charge in [-0.05, 0) is 52.2 Å². The number of carbonyl (C=O) groups is 2. The van der Waals surface area contributed by atoms with Gasteiger partial charge in [-0.2, -0.15) is 12.7 Å². The fourth-order valence-electron chi connectivity index (χ4n) is 5.71. The quantitative estimate of drug-likeness (QED) is 0.136. The molecule has 258 valence electrons. The Kier molecular flexibility index (Phi) is 10.6. The van der Waals surface area contributed by atoms with Gasteiger partial charge in [-0.3, -0.25) is 4.79 Å². The molecule has 0 spiro atoms. The minimum atomic E-state index is -4.10. The minimum Gasteiger partial charge on any atom is -0.445 e. The first kappa shape index (κ1) is 34.8. The molecule has 2 N–H and O–H groups in total. The van der Waals surface area contributed by atoms with E-state index in [1.165, 1.54) is 34.6 Å². The van der Waals surface area contributed by atoms with E-state index in [9.17, 15) is 26.4 Å². The zero-order valence-electron chi connectivity index (χ0n) is 26.9. The third kappa shape index (κ3) is 8.03. The van der Waals surface area contributed by atoms with Crippen molar-refractivity contribution < 1.29 is 35.3 Å². The number of rotatable bonds is 12. The zero-order chi connectivity index (χ0) is 35.1. The Balaban J connectivity index is 1.33. The van der Waals surface area contributed by atoms with Gasteiger partial charge >= 0.3 is 16.2 Å². The van der Waals surface area contributed by atoms with Gasteiger partial charge in [-0.1, -0.05) is 91.0 Å². The van der Waals surface area contributed by atoms with E-state index in [0.717, 1.165) is 5.56 Å². The number of hydrogen-bond donors (Lipinski definition) is 2. The maximum Gasteiger partial charge on any atom is 0.408 e. The molecule has 13 heteroatoms. The van der Waals surface area contributed by atoms with E-state index in [4.69, 9.17) is 8.92 Å². The van der Waals surface area contributed by atoms with Crippen LogP contribution in [0.4, 0.5) is 4.79 Å². The fraction of sp³-hybridized carbons (Fsp3) is 0.189. The Labute approximate surface area is 291 Å². The number of alkyl carbamates (subject to hydrolysis) is 1. The second-order valence-electron chi connectivity index (χ2n) is 11.6. The van der Waals surface area contributed by atoms with Crippen molar-refractivity contribution in [2.75, 3.05) is 26.2 Å². The monoisotopic (exact) mass is 713 g/mol. The molecule has 1 aliphatic heterocycles. The molecule has 50 heavy (non-hydrogen) atoms. The SMILES string of the molecule is O=C(N[C@@H](Cc1ccc(OS(=O)(=O)c2ccccc2)cc1)C(=O)c1c(S(=O)(=O)N2CCNCC2)ccc2ccccc12)OCc1ccccc1. The van der Waals surface area contributed by atoms with Crippen LogP contribution in [-0.2, 0) is 37.9 Å². The summed E-state index contributed by atoms with van der Waals surface area (Å²) in [6.45, 7) is 1.38. The van der Waals surface area contributed by atoms with Gasteiger partial charge in [0.25, 0.3) is 0 Å². The minimum absolute atomic E-state index is 0.00499. The van der Waals surface area contributed by atoms with Crippen molar-refractivity contribution >= 4 is 42.8 Å². The molecule has 1 fully saturated rings. The van der Waals surface area contributed by atoms with E-state index in [2.05, 4.69) is 10.6 Å². The standard InChI is InChI=1S/C37H35N3O8S2/c41-36(35-32-14-8-7-11-29(32)17-20-34(35)49(43,44)40-23-21-38-22-24-40)33(39-37(42)47-26-28-9-3-1-4-10-28)25-27-15-18-30(19-16-27)48-50(45,46)31-12-5-2-6-13-31/h1-20,33,38H,21-26H2,(H,39,42)/t33-/m0/s1.